The van der Waals surface area contributed by atoms with Gasteiger partial charge in [0.05, 0.1) is 18.4 Å². The lowest BCUT2D eigenvalue weighted by Crippen LogP contribution is -2.12. The van der Waals surface area contributed by atoms with E-state index in [-0.39, 0.29) is 5.56 Å². The summed E-state index contributed by atoms with van der Waals surface area (Å²) in [6, 6.07) is 8.96. The molecule has 0 bridgehead atoms. The van der Waals surface area contributed by atoms with Crippen LogP contribution in [0.25, 0.3) is 16.4 Å². The molecule has 0 aliphatic carbocycles. The maximum absolute atomic E-state index is 12.0. The van der Waals surface area contributed by atoms with Gasteiger partial charge in [-0.2, -0.15) is 0 Å². The zero-order chi connectivity index (χ0) is 17.2. The summed E-state index contributed by atoms with van der Waals surface area (Å²) in [5.41, 5.74) is 1.32. The molecule has 7 nitrogen and oxygen atoms in total. The molecule has 3 heterocycles. The molecule has 3 aromatic heterocycles. The van der Waals surface area contributed by atoms with Crippen molar-refractivity contribution in [3.05, 3.63) is 58.0 Å². The molecule has 0 aliphatic heterocycles. The minimum absolute atomic E-state index is 0.0953. The smallest absolute Gasteiger partial charge is 0.277 e. The summed E-state index contributed by atoms with van der Waals surface area (Å²) >= 11 is 2.76. The summed E-state index contributed by atoms with van der Waals surface area (Å²) in [7, 11) is 1.59. The van der Waals surface area contributed by atoms with Crippen molar-refractivity contribution in [2.45, 2.75) is 11.0 Å². The van der Waals surface area contributed by atoms with Gasteiger partial charge in [0.15, 0.2) is 4.96 Å². The average molecular weight is 372 g/mol. The third kappa shape index (κ3) is 3.15. The molecule has 0 saturated carbocycles. The van der Waals surface area contributed by atoms with Gasteiger partial charge in [-0.3, -0.25) is 9.20 Å². The van der Waals surface area contributed by atoms with E-state index < -0.39 is 0 Å². The highest BCUT2D eigenvalue weighted by Crippen LogP contribution is 2.31. The van der Waals surface area contributed by atoms with Crippen LogP contribution in [0.1, 0.15) is 5.69 Å². The fraction of sp³-hybridized carbons (Fsp3) is 0.125. The zero-order valence-electron chi connectivity index (χ0n) is 13.1. The monoisotopic (exact) mass is 372 g/mol. The Hall–Kier alpha value is -2.65. The number of fused-ring (bicyclic) bond motifs is 1. The van der Waals surface area contributed by atoms with Crippen LogP contribution in [0.15, 0.2) is 56.3 Å². The van der Waals surface area contributed by atoms with E-state index >= 15 is 0 Å². The van der Waals surface area contributed by atoms with E-state index in [4.69, 9.17) is 9.15 Å². The fourth-order valence-electron chi connectivity index (χ4n) is 2.30. The number of rotatable bonds is 5. The molecular formula is C16H12N4O3S2. The molecule has 0 atom stereocenters. The van der Waals surface area contributed by atoms with E-state index in [2.05, 4.69) is 15.2 Å². The molecule has 4 aromatic rings. The van der Waals surface area contributed by atoms with Crippen molar-refractivity contribution in [3.63, 3.8) is 0 Å². The molecule has 0 N–H and O–H groups in total. The number of hydrogen-bond donors (Lipinski definition) is 0. The number of ether oxygens (including phenoxy) is 1. The maximum atomic E-state index is 12.0. The molecule has 25 heavy (non-hydrogen) atoms. The Kier molecular flexibility index (Phi) is 4.24. The summed E-state index contributed by atoms with van der Waals surface area (Å²) in [6.07, 6.45) is 1.71. The first kappa shape index (κ1) is 15.9. The number of benzene rings is 1. The van der Waals surface area contributed by atoms with Crippen molar-refractivity contribution >= 4 is 28.1 Å². The van der Waals surface area contributed by atoms with Gasteiger partial charge in [0.25, 0.3) is 16.7 Å². The molecule has 0 unspecified atom stereocenters. The van der Waals surface area contributed by atoms with Gasteiger partial charge in [0.2, 0.25) is 0 Å². The molecule has 0 radical (unpaired) electrons. The highest BCUT2D eigenvalue weighted by molar-refractivity contribution is 7.98. The lowest BCUT2D eigenvalue weighted by atomic mass is 10.2. The van der Waals surface area contributed by atoms with Gasteiger partial charge in [-0.15, -0.1) is 21.5 Å². The Morgan fingerprint density at radius 3 is 3.08 bits per heavy atom. The van der Waals surface area contributed by atoms with Gasteiger partial charge in [-0.05, 0) is 12.1 Å². The van der Waals surface area contributed by atoms with Crippen LogP contribution in [-0.4, -0.2) is 26.7 Å². The van der Waals surface area contributed by atoms with Crippen LogP contribution in [-0.2, 0) is 5.75 Å². The third-order valence-electron chi connectivity index (χ3n) is 3.44. The average Bonchev–Trinajstić information content (AvgIpc) is 3.29. The van der Waals surface area contributed by atoms with Crippen molar-refractivity contribution in [1.29, 1.82) is 0 Å². The Labute approximate surface area is 150 Å². The number of aromatic nitrogens is 4. The van der Waals surface area contributed by atoms with Crippen LogP contribution in [0.3, 0.4) is 0 Å². The van der Waals surface area contributed by atoms with Crippen LogP contribution in [0.4, 0.5) is 0 Å². The Morgan fingerprint density at radius 1 is 1.32 bits per heavy atom. The van der Waals surface area contributed by atoms with Gasteiger partial charge >= 0.3 is 0 Å². The van der Waals surface area contributed by atoms with Crippen molar-refractivity contribution < 1.29 is 9.15 Å². The first-order valence-electron chi connectivity index (χ1n) is 7.30. The van der Waals surface area contributed by atoms with E-state index in [0.29, 0.717) is 33.3 Å². The third-order valence-corrected chi connectivity index (χ3v) is 5.05. The predicted octanol–water partition coefficient (Wildman–Crippen LogP) is 3.11. The molecule has 126 valence electrons. The summed E-state index contributed by atoms with van der Waals surface area (Å²) in [5, 5.41) is 10.3. The predicted molar refractivity (Wildman–Crippen MR) is 95.2 cm³/mol. The summed E-state index contributed by atoms with van der Waals surface area (Å²) < 4.78 is 12.5. The van der Waals surface area contributed by atoms with Gasteiger partial charge < -0.3 is 9.15 Å². The molecule has 9 heteroatoms. The van der Waals surface area contributed by atoms with Crippen LogP contribution >= 0.6 is 23.1 Å². The number of hydrogen-bond acceptors (Lipinski definition) is 8. The van der Waals surface area contributed by atoms with E-state index in [0.717, 1.165) is 5.56 Å². The molecule has 0 fully saturated rings. The van der Waals surface area contributed by atoms with Crippen LogP contribution < -0.4 is 10.3 Å². The van der Waals surface area contributed by atoms with Crippen molar-refractivity contribution in [1.82, 2.24) is 19.6 Å². The first-order chi connectivity index (χ1) is 12.2. The van der Waals surface area contributed by atoms with Crippen molar-refractivity contribution in [2.75, 3.05) is 7.11 Å². The van der Waals surface area contributed by atoms with Gasteiger partial charge in [0.1, 0.15) is 5.75 Å². The largest absolute Gasteiger partial charge is 0.496 e. The summed E-state index contributed by atoms with van der Waals surface area (Å²) in [6.45, 7) is 0. The molecule has 0 saturated heterocycles. The number of thioether (sulfide) groups is 1. The Balaban J connectivity index is 1.54. The topological polar surface area (TPSA) is 82.5 Å². The minimum atomic E-state index is -0.0953. The van der Waals surface area contributed by atoms with Gasteiger partial charge in [-0.1, -0.05) is 23.9 Å². The SMILES string of the molecule is COc1ccccc1-c1nnc(SCc2cc(=O)n3ccsc3n2)o1. The zero-order valence-corrected chi connectivity index (χ0v) is 14.7. The standard InChI is InChI=1S/C16H12N4O3S2/c1-22-12-5-3-2-4-11(12)14-18-19-16(23-14)25-9-10-8-13(21)20-6-7-24-15(20)17-10/h2-8H,9H2,1H3. The van der Waals surface area contributed by atoms with Crippen LogP contribution in [0.5, 0.6) is 5.75 Å². The number of methoxy groups -OCH3 is 1. The summed E-state index contributed by atoms with van der Waals surface area (Å²) in [4.78, 5) is 17.1. The lowest BCUT2D eigenvalue weighted by Gasteiger charge is -2.03. The molecule has 0 spiro atoms. The minimum Gasteiger partial charge on any atom is -0.496 e. The molecule has 1 aromatic carbocycles. The lowest BCUT2D eigenvalue weighted by molar-refractivity contribution is 0.411. The molecule has 0 amide bonds. The molecular weight excluding hydrogens is 360 g/mol. The number of nitrogens with zero attached hydrogens (tertiary/aromatic N) is 4. The fourth-order valence-corrected chi connectivity index (χ4v) is 3.69. The van der Waals surface area contributed by atoms with Crippen LogP contribution in [0, 0.1) is 0 Å². The van der Waals surface area contributed by atoms with Crippen molar-refractivity contribution in [2.24, 2.45) is 0 Å². The van der Waals surface area contributed by atoms with E-state index in [1.165, 1.54) is 33.6 Å². The second kappa shape index (κ2) is 6.69. The van der Waals surface area contributed by atoms with Crippen molar-refractivity contribution in [3.8, 4) is 17.2 Å². The quantitative estimate of drug-likeness (QED) is 0.498. The molecule has 0 aliphatic rings. The second-order valence-electron chi connectivity index (χ2n) is 5.00. The highest BCUT2D eigenvalue weighted by Gasteiger charge is 2.14. The maximum Gasteiger partial charge on any atom is 0.277 e. The van der Waals surface area contributed by atoms with E-state index in [1.807, 2.05) is 29.6 Å². The van der Waals surface area contributed by atoms with Gasteiger partial charge in [-0.25, -0.2) is 4.98 Å². The Bertz CT molecular complexity index is 1090. The second-order valence-corrected chi connectivity index (χ2v) is 6.80. The molecule has 4 rings (SSSR count). The van der Waals surface area contributed by atoms with Crippen LogP contribution in [0.2, 0.25) is 0 Å². The summed E-state index contributed by atoms with van der Waals surface area (Å²) in [5.74, 6) is 1.53. The number of thiazole rings is 1. The van der Waals surface area contributed by atoms with E-state index in [1.54, 1.807) is 13.3 Å². The first-order valence-corrected chi connectivity index (χ1v) is 9.16. The highest BCUT2D eigenvalue weighted by atomic mass is 32.2. The van der Waals surface area contributed by atoms with Gasteiger partial charge in [0, 0.05) is 23.4 Å². The van der Waals surface area contributed by atoms with E-state index in [9.17, 15) is 4.79 Å². The Morgan fingerprint density at radius 2 is 2.20 bits per heavy atom. The normalized spacial score (nSPS) is 11.1. The number of para-hydroxylation sites is 1.